The Hall–Kier alpha value is -3.23. The lowest BCUT2D eigenvalue weighted by atomic mass is 10.1. The minimum Gasteiger partial charge on any atom is -0.478 e. The summed E-state index contributed by atoms with van der Waals surface area (Å²) in [4.78, 5) is 20.4. The van der Waals surface area contributed by atoms with E-state index in [2.05, 4.69) is 9.97 Å². The molecule has 0 aliphatic heterocycles. The quantitative estimate of drug-likeness (QED) is 0.441. The highest BCUT2D eigenvalue weighted by molar-refractivity contribution is 7.17. The molecule has 0 bridgehead atoms. The highest BCUT2D eigenvalue weighted by atomic mass is 32.1. The molecule has 0 aromatic carbocycles. The molecule has 0 saturated carbocycles. The van der Waals surface area contributed by atoms with Gasteiger partial charge in [-0.15, -0.1) is 22.7 Å². The second-order valence-electron chi connectivity index (χ2n) is 5.94. The van der Waals surface area contributed by atoms with Gasteiger partial charge in [0.05, 0.1) is 10.3 Å². The molecular weight excluding hydrogens is 382 g/mol. The van der Waals surface area contributed by atoms with Crippen molar-refractivity contribution in [1.82, 2.24) is 9.97 Å². The van der Waals surface area contributed by atoms with Crippen LogP contribution in [0.15, 0.2) is 52.0 Å². The van der Waals surface area contributed by atoms with Crippen LogP contribution in [0.25, 0.3) is 42.8 Å². The van der Waals surface area contributed by atoms with E-state index in [0.29, 0.717) is 17.2 Å². The maximum atomic E-state index is 11.2. The lowest BCUT2D eigenvalue weighted by Crippen LogP contribution is -1.92. The van der Waals surface area contributed by atoms with Crippen molar-refractivity contribution in [2.45, 2.75) is 0 Å². The van der Waals surface area contributed by atoms with E-state index in [1.165, 1.54) is 11.3 Å². The number of aromatic nitrogens is 2. The molecule has 5 aromatic heterocycles. The molecule has 0 amide bonds. The Labute approximate surface area is 160 Å². The number of carboxylic acids is 1. The first-order chi connectivity index (χ1) is 13.1. The summed E-state index contributed by atoms with van der Waals surface area (Å²) in [5.41, 5.74) is 8.55. The van der Waals surface area contributed by atoms with Gasteiger partial charge in [-0.1, -0.05) is 0 Å². The molecule has 0 unspecified atom stereocenters. The van der Waals surface area contributed by atoms with E-state index in [9.17, 15) is 9.90 Å². The predicted octanol–water partition coefficient (Wildman–Crippen LogP) is 5.11. The van der Waals surface area contributed by atoms with Gasteiger partial charge in [-0.05, 0) is 18.2 Å². The fourth-order valence-electron chi connectivity index (χ4n) is 3.04. The summed E-state index contributed by atoms with van der Waals surface area (Å²) in [6, 6.07) is 5.53. The third kappa shape index (κ3) is 2.49. The van der Waals surface area contributed by atoms with Crippen molar-refractivity contribution in [3.63, 3.8) is 0 Å². The summed E-state index contributed by atoms with van der Waals surface area (Å²) in [7, 11) is 0. The molecule has 0 saturated heterocycles. The third-order valence-electron chi connectivity index (χ3n) is 4.34. The van der Waals surface area contributed by atoms with Crippen molar-refractivity contribution in [1.29, 1.82) is 0 Å². The first kappa shape index (κ1) is 16.0. The summed E-state index contributed by atoms with van der Waals surface area (Å²) in [6.45, 7) is 0. The van der Waals surface area contributed by atoms with Gasteiger partial charge in [-0.25, -0.2) is 9.78 Å². The van der Waals surface area contributed by atoms with Crippen LogP contribution in [-0.4, -0.2) is 21.0 Å². The highest BCUT2D eigenvalue weighted by Gasteiger charge is 2.18. The Morgan fingerprint density at radius 3 is 2.81 bits per heavy atom. The molecule has 0 radical (unpaired) electrons. The standard InChI is InChI=1S/C19H11N3O3S2/c20-18-17-11(12(5-22-18)15-3-9(7-26-15)19(23)24)4-14(25-17)13-8-27-16-6-21-2-1-10(13)16/h1-8H,(H2,20,22)(H,23,24). The molecule has 0 spiro atoms. The average Bonchev–Trinajstić information content (AvgIpc) is 3.39. The average molecular weight is 393 g/mol. The Balaban J connectivity index is 1.73. The normalized spacial score (nSPS) is 11.4. The van der Waals surface area contributed by atoms with Crippen LogP contribution in [0.5, 0.6) is 0 Å². The fourth-order valence-corrected chi connectivity index (χ4v) is 4.86. The summed E-state index contributed by atoms with van der Waals surface area (Å²) in [6.07, 6.45) is 5.23. The van der Waals surface area contributed by atoms with Crippen molar-refractivity contribution in [3.8, 4) is 21.8 Å². The summed E-state index contributed by atoms with van der Waals surface area (Å²) < 4.78 is 7.13. The van der Waals surface area contributed by atoms with Crippen LogP contribution in [0.4, 0.5) is 5.82 Å². The topological polar surface area (TPSA) is 102 Å². The van der Waals surface area contributed by atoms with Gasteiger partial charge in [0.25, 0.3) is 0 Å². The number of hydrogen-bond acceptors (Lipinski definition) is 7. The van der Waals surface area contributed by atoms with Gasteiger partial charge >= 0.3 is 5.97 Å². The summed E-state index contributed by atoms with van der Waals surface area (Å²) >= 11 is 2.95. The smallest absolute Gasteiger partial charge is 0.336 e. The van der Waals surface area contributed by atoms with Crippen molar-refractivity contribution in [2.75, 3.05) is 5.73 Å². The number of fused-ring (bicyclic) bond motifs is 2. The van der Waals surface area contributed by atoms with Gasteiger partial charge in [0, 0.05) is 56.1 Å². The number of thiophene rings is 2. The van der Waals surface area contributed by atoms with Gasteiger partial charge in [0.2, 0.25) is 0 Å². The molecule has 0 atom stereocenters. The van der Waals surface area contributed by atoms with Gasteiger partial charge in [0.1, 0.15) is 5.76 Å². The largest absolute Gasteiger partial charge is 0.478 e. The number of nitrogen functional groups attached to an aromatic ring is 1. The number of rotatable bonds is 3. The molecule has 6 nitrogen and oxygen atoms in total. The zero-order chi connectivity index (χ0) is 18.5. The van der Waals surface area contributed by atoms with E-state index in [1.807, 2.05) is 23.7 Å². The number of hydrogen-bond donors (Lipinski definition) is 2. The molecule has 5 aromatic rings. The minimum atomic E-state index is -0.955. The van der Waals surface area contributed by atoms with Crippen LogP contribution >= 0.6 is 22.7 Å². The zero-order valence-corrected chi connectivity index (χ0v) is 15.3. The van der Waals surface area contributed by atoms with E-state index in [-0.39, 0.29) is 5.56 Å². The van der Waals surface area contributed by atoms with Crippen LogP contribution in [0.1, 0.15) is 10.4 Å². The fraction of sp³-hybridized carbons (Fsp3) is 0. The van der Waals surface area contributed by atoms with Crippen LogP contribution < -0.4 is 5.73 Å². The van der Waals surface area contributed by atoms with Crippen molar-refractivity contribution in [2.24, 2.45) is 0 Å². The van der Waals surface area contributed by atoms with Crippen LogP contribution in [-0.2, 0) is 0 Å². The highest BCUT2D eigenvalue weighted by Crippen LogP contribution is 2.41. The number of nitrogens with zero attached hydrogens (tertiary/aromatic N) is 2. The van der Waals surface area contributed by atoms with E-state index < -0.39 is 5.97 Å². The van der Waals surface area contributed by atoms with E-state index in [4.69, 9.17) is 10.2 Å². The summed E-state index contributed by atoms with van der Waals surface area (Å²) in [5, 5.41) is 14.7. The number of aromatic carboxylic acids is 1. The lowest BCUT2D eigenvalue weighted by Gasteiger charge is -2.00. The second kappa shape index (κ2) is 5.90. The molecule has 0 aliphatic rings. The second-order valence-corrected chi connectivity index (χ2v) is 7.76. The van der Waals surface area contributed by atoms with Crippen LogP contribution in [0.3, 0.4) is 0 Å². The van der Waals surface area contributed by atoms with Crippen LogP contribution in [0, 0.1) is 0 Å². The van der Waals surface area contributed by atoms with Crippen molar-refractivity contribution >= 4 is 55.5 Å². The maximum Gasteiger partial charge on any atom is 0.336 e. The molecule has 5 rings (SSSR count). The molecule has 0 fully saturated rings. The SMILES string of the molecule is Nc1ncc(-c2cc(C(=O)O)cs2)c2cc(-c3csc4cnccc34)oc12. The first-order valence-electron chi connectivity index (χ1n) is 7.93. The van der Waals surface area contributed by atoms with Gasteiger partial charge < -0.3 is 15.3 Å². The van der Waals surface area contributed by atoms with Crippen LogP contribution in [0.2, 0.25) is 0 Å². The minimum absolute atomic E-state index is 0.250. The van der Waals surface area contributed by atoms with E-state index >= 15 is 0 Å². The molecule has 5 heterocycles. The monoisotopic (exact) mass is 393 g/mol. The molecule has 3 N–H and O–H groups in total. The number of carbonyl (C=O) groups is 1. The molecule has 8 heteroatoms. The van der Waals surface area contributed by atoms with E-state index in [1.54, 1.807) is 35.2 Å². The van der Waals surface area contributed by atoms with E-state index in [0.717, 1.165) is 31.5 Å². The Morgan fingerprint density at radius 1 is 1.11 bits per heavy atom. The zero-order valence-electron chi connectivity index (χ0n) is 13.7. The molecule has 132 valence electrons. The Morgan fingerprint density at radius 2 is 2.00 bits per heavy atom. The third-order valence-corrected chi connectivity index (χ3v) is 6.24. The van der Waals surface area contributed by atoms with Gasteiger partial charge in [0.15, 0.2) is 11.4 Å². The number of nitrogens with two attached hydrogens (primary N) is 1. The maximum absolute atomic E-state index is 11.2. The molecule has 0 aliphatic carbocycles. The number of pyridine rings is 2. The lowest BCUT2D eigenvalue weighted by molar-refractivity contribution is 0.0697. The predicted molar refractivity (Wildman–Crippen MR) is 107 cm³/mol. The van der Waals surface area contributed by atoms with Crippen molar-refractivity contribution in [3.05, 3.63) is 53.1 Å². The van der Waals surface area contributed by atoms with Gasteiger partial charge in [-0.3, -0.25) is 4.98 Å². The van der Waals surface area contributed by atoms with Gasteiger partial charge in [-0.2, -0.15) is 0 Å². The first-order valence-corrected chi connectivity index (χ1v) is 9.69. The molecular formula is C19H11N3O3S2. The summed E-state index contributed by atoms with van der Waals surface area (Å²) in [5.74, 6) is 0.0398. The van der Waals surface area contributed by atoms with Crippen molar-refractivity contribution < 1.29 is 14.3 Å². The number of carboxylic acid groups (broad SMARTS) is 1. The number of anilines is 1. The number of furan rings is 1. The molecule has 27 heavy (non-hydrogen) atoms. The Kier molecular flexibility index (Phi) is 3.49. The Bertz CT molecular complexity index is 1330.